The Balaban J connectivity index is 1.58. The van der Waals surface area contributed by atoms with Crippen LogP contribution in [-0.2, 0) is 13.1 Å². The summed E-state index contributed by atoms with van der Waals surface area (Å²) >= 11 is 6.18. The molecule has 28 heavy (non-hydrogen) atoms. The highest BCUT2D eigenvalue weighted by atomic mass is 35.5. The van der Waals surface area contributed by atoms with Gasteiger partial charge in [0.1, 0.15) is 17.2 Å². The van der Waals surface area contributed by atoms with Crippen LogP contribution in [0.2, 0.25) is 5.02 Å². The first-order valence-electron chi connectivity index (χ1n) is 9.86. The summed E-state index contributed by atoms with van der Waals surface area (Å²) in [5, 5.41) is 13.5. The van der Waals surface area contributed by atoms with Crippen molar-refractivity contribution in [2.45, 2.75) is 51.2 Å². The summed E-state index contributed by atoms with van der Waals surface area (Å²) < 4.78 is 13.3. The minimum Gasteiger partial charge on any atom is -0.308 e. The third-order valence-corrected chi connectivity index (χ3v) is 5.61. The molecular formula is C22H24ClFN4. The molecule has 0 spiro atoms. The van der Waals surface area contributed by atoms with Crippen LogP contribution in [0.15, 0.2) is 48.5 Å². The summed E-state index contributed by atoms with van der Waals surface area (Å²) in [5.41, 5.74) is 3.64. The van der Waals surface area contributed by atoms with Gasteiger partial charge in [-0.1, -0.05) is 67.3 Å². The summed E-state index contributed by atoms with van der Waals surface area (Å²) in [6.45, 7) is 1.09. The van der Waals surface area contributed by atoms with Gasteiger partial charge in [-0.2, -0.15) is 15.0 Å². The number of rotatable bonds is 6. The van der Waals surface area contributed by atoms with Gasteiger partial charge in [-0.15, -0.1) is 0 Å². The van der Waals surface area contributed by atoms with Crippen molar-refractivity contribution in [3.8, 4) is 11.3 Å². The summed E-state index contributed by atoms with van der Waals surface area (Å²) in [6, 6.07) is 15.1. The van der Waals surface area contributed by atoms with Crippen LogP contribution in [0.5, 0.6) is 0 Å². The van der Waals surface area contributed by atoms with Crippen LogP contribution >= 0.6 is 11.6 Å². The first-order valence-corrected chi connectivity index (χ1v) is 10.2. The first kappa shape index (κ1) is 19.1. The molecule has 3 aromatic rings. The molecular weight excluding hydrogens is 375 g/mol. The monoisotopic (exact) mass is 398 g/mol. The normalized spacial score (nSPS) is 15.1. The third-order valence-electron chi connectivity index (χ3n) is 5.26. The van der Waals surface area contributed by atoms with Gasteiger partial charge < -0.3 is 5.32 Å². The summed E-state index contributed by atoms with van der Waals surface area (Å²) in [5.74, 6) is -0.343. The molecule has 4 nitrogen and oxygen atoms in total. The molecule has 146 valence electrons. The Hall–Kier alpha value is -2.24. The number of nitrogens with one attached hydrogen (secondary N) is 1. The molecule has 1 heterocycles. The summed E-state index contributed by atoms with van der Waals surface area (Å²) in [4.78, 5) is 1.65. The van der Waals surface area contributed by atoms with Crippen LogP contribution < -0.4 is 5.32 Å². The van der Waals surface area contributed by atoms with Crippen molar-refractivity contribution in [1.29, 1.82) is 0 Å². The summed E-state index contributed by atoms with van der Waals surface area (Å²) in [7, 11) is 0. The highest BCUT2D eigenvalue weighted by molar-refractivity contribution is 6.31. The average molecular weight is 399 g/mol. The molecule has 0 aliphatic heterocycles. The lowest BCUT2D eigenvalue weighted by molar-refractivity contribution is 0.370. The highest BCUT2D eigenvalue weighted by Gasteiger charge is 2.17. The highest BCUT2D eigenvalue weighted by Crippen LogP contribution is 2.23. The van der Waals surface area contributed by atoms with Gasteiger partial charge in [-0.3, -0.25) is 0 Å². The maximum atomic E-state index is 13.3. The van der Waals surface area contributed by atoms with E-state index < -0.39 is 0 Å². The minimum absolute atomic E-state index is 0.343. The number of hydrogen-bond donors (Lipinski definition) is 1. The maximum Gasteiger partial charge on any atom is 0.124 e. The lowest BCUT2D eigenvalue weighted by Gasteiger charge is -2.22. The number of nitrogens with zero attached hydrogens (tertiary/aromatic N) is 3. The maximum absolute atomic E-state index is 13.3. The molecule has 0 atom stereocenters. The van der Waals surface area contributed by atoms with E-state index in [0.717, 1.165) is 22.5 Å². The molecule has 1 aliphatic rings. The van der Waals surface area contributed by atoms with E-state index in [1.165, 1.54) is 44.2 Å². The Kier molecular flexibility index (Phi) is 6.03. The van der Waals surface area contributed by atoms with Crippen LogP contribution in [0.25, 0.3) is 11.3 Å². The van der Waals surface area contributed by atoms with Crippen LogP contribution in [0.1, 0.15) is 43.4 Å². The Labute approximate surface area is 169 Å². The first-order chi connectivity index (χ1) is 13.7. The van der Waals surface area contributed by atoms with Gasteiger partial charge in [0.15, 0.2) is 0 Å². The van der Waals surface area contributed by atoms with Crippen molar-refractivity contribution < 1.29 is 4.39 Å². The molecule has 0 bridgehead atoms. The zero-order chi connectivity index (χ0) is 19.3. The van der Waals surface area contributed by atoms with E-state index in [2.05, 4.69) is 5.32 Å². The SMILES string of the molecule is Fc1ccc(Cn2nc(CNC3CCCCC3)c(-c3ccccc3)n2)c(Cl)c1. The van der Waals surface area contributed by atoms with Crippen molar-refractivity contribution in [2.24, 2.45) is 0 Å². The van der Waals surface area contributed by atoms with Gasteiger partial charge >= 0.3 is 0 Å². The van der Waals surface area contributed by atoms with E-state index in [1.807, 2.05) is 30.3 Å². The molecule has 4 rings (SSSR count). The number of aromatic nitrogens is 3. The van der Waals surface area contributed by atoms with Gasteiger partial charge in [0.05, 0.1) is 6.54 Å². The topological polar surface area (TPSA) is 42.7 Å². The van der Waals surface area contributed by atoms with E-state index in [1.54, 1.807) is 10.9 Å². The van der Waals surface area contributed by atoms with Crippen molar-refractivity contribution in [1.82, 2.24) is 20.3 Å². The van der Waals surface area contributed by atoms with Gasteiger partial charge in [0.25, 0.3) is 0 Å². The van der Waals surface area contributed by atoms with Crippen molar-refractivity contribution in [2.75, 3.05) is 0 Å². The van der Waals surface area contributed by atoms with Gasteiger partial charge in [-0.05, 0) is 30.5 Å². The lowest BCUT2D eigenvalue weighted by atomic mass is 9.95. The van der Waals surface area contributed by atoms with Crippen LogP contribution in [0.4, 0.5) is 4.39 Å². The minimum atomic E-state index is -0.343. The van der Waals surface area contributed by atoms with Crippen molar-refractivity contribution in [3.63, 3.8) is 0 Å². The number of hydrogen-bond acceptors (Lipinski definition) is 3. The molecule has 1 saturated carbocycles. The molecule has 0 unspecified atom stereocenters. The van der Waals surface area contributed by atoms with Crippen LogP contribution in [0.3, 0.4) is 0 Å². The van der Waals surface area contributed by atoms with E-state index in [4.69, 9.17) is 21.8 Å². The fraction of sp³-hybridized carbons (Fsp3) is 0.364. The van der Waals surface area contributed by atoms with E-state index >= 15 is 0 Å². The van der Waals surface area contributed by atoms with Gasteiger partial charge in [-0.25, -0.2) is 4.39 Å². The Bertz CT molecular complexity index is 920. The number of benzene rings is 2. The molecule has 2 aromatic carbocycles. The van der Waals surface area contributed by atoms with E-state index in [-0.39, 0.29) is 5.82 Å². The smallest absolute Gasteiger partial charge is 0.124 e. The number of halogens is 2. The Morgan fingerprint density at radius 2 is 1.82 bits per heavy atom. The predicted molar refractivity (Wildman–Crippen MR) is 110 cm³/mol. The molecule has 1 aromatic heterocycles. The van der Waals surface area contributed by atoms with E-state index in [9.17, 15) is 4.39 Å². The second kappa shape index (κ2) is 8.84. The predicted octanol–water partition coefficient (Wildman–Crippen LogP) is 5.21. The van der Waals surface area contributed by atoms with Gasteiger partial charge in [0, 0.05) is 23.2 Å². The molecule has 0 amide bonds. The Morgan fingerprint density at radius 1 is 1.04 bits per heavy atom. The largest absolute Gasteiger partial charge is 0.308 e. The fourth-order valence-electron chi connectivity index (χ4n) is 3.74. The fourth-order valence-corrected chi connectivity index (χ4v) is 3.97. The molecule has 1 fully saturated rings. The van der Waals surface area contributed by atoms with E-state index in [0.29, 0.717) is 24.2 Å². The summed E-state index contributed by atoms with van der Waals surface area (Å²) in [6.07, 6.45) is 6.36. The van der Waals surface area contributed by atoms with Crippen LogP contribution in [0, 0.1) is 5.82 Å². The molecule has 1 aliphatic carbocycles. The second-order valence-corrected chi connectivity index (χ2v) is 7.75. The van der Waals surface area contributed by atoms with Crippen molar-refractivity contribution >= 4 is 11.6 Å². The lowest BCUT2D eigenvalue weighted by Crippen LogP contribution is -2.30. The molecule has 0 saturated heterocycles. The standard InChI is InChI=1S/C22H24ClFN4/c23-20-13-18(24)12-11-17(20)15-28-26-21(14-25-19-9-5-2-6-10-19)22(27-28)16-7-3-1-4-8-16/h1,3-4,7-8,11-13,19,25H,2,5-6,9-10,14-15H2. The van der Waals surface area contributed by atoms with Crippen LogP contribution in [-0.4, -0.2) is 21.0 Å². The Morgan fingerprint density at radius 3 is 2.57 bits per heavy atom. The molecule has 1 N–H and O–H groups in total. The zero-order valence-corrected chi connectivity index (χ0v) is 16.5. The second-order valence-electron chi connectivity index (χ2n) is 7.34. The molecule has 6 heteroatoms. The third kappa shape index (κ3) is 4.59. The molecule has 0 radical (unpaired) electrons. The quantitative estimate of drug-likeness (QED) is 0.619. The zero-order valence-electron chi connectivity index (χ0n) is 15.7. The van der Waals surface area contributed by atoms with Crippen molar-refractivity contribution in [3.05, 3.63) is 70.6 Å². The van der Waals surface area contributed by atoms with Gasteiger partial charge in [0.2, 0.25) is 0 Å². The average Bonchev–Trinajstić information content (AvgIpc) is 3.13.